The maximum absolute atomic E-state index is 4.58. The van der Waals surface area contributed by atoms with Crippen molar-refractivity contribution in [2.45, 2.75) is 0 Å². The zero-order valence-electron chi connectivity index (χ0n) is 9.59. The number of para-hydroxylation sites is 1. The lowest BCUT2D eigenvalue weighted by atomic mass is 10.3. The van der Waals surface area contributed by atoms with Gasteiger partial charge in [-0.05, 0) is 30.3 Å². The smallest absolute Gasteiger partial charge is 0.142 e. The van der Waals surface area contributed by atoms with E-state index >= 15 is 0 Å². The van der Waals surface area contributed by atoms with E-state index in [1.807, 2.05) is 54.2 Å². The Morgan fingerprint density at radius 3 is 2.65 bits per heavy atom. The Morgan fingerprint density at radius 1 is 1.00 bits per heavy atom. The van der Waals surface area contributed by atoms with Gasteiger partial charge in [0.1, 0.15) is 11.5 Å². The fourth-order valence-corrected chi connectivity index (χ4v) is 1.87. The average molecular weight is 223 g/mol. The van der Waals surface area contributed by atoms with Crippen LogP contribution in [0.3, 0.4) is 0 Å². The van der Waals surface area contributed by atoms with Gasteiger partial charge in [-0.25, -0.2) is 4.98 Å². The first kappa shape index (κ1) is 9.90. The van der Waals surface area contributed by atoms with Gasteiger partial charge in [0.25, 0.3) is 0 Å². The highest BCUT2D eigenvalue weighted by Gasteiger charge is 2.01. The summed E-state index contributed by atoms with van der Waals surface area (Å²) in [7, 11) is 2.00. The number of nitrogens with zero attached hydrogens (tertiary/aromatic N) is 2. The topological polar surface area (TPSA) is 29.9 Å². The third-order valence-corrected chi connectivity index (χ3v) is 2.76. The molecule has 0 fully saturated rings. The highest BCUT2D eigenvalue weighted by molar-refractivity contribution is 5.78. The normalized spacial score (nSPS) is 10.6. The molecule has 1 aromatic carbocycles. The van der Waals surface area contributed by atoms with Gasteiger partial charge in [0.15, 0.2) is 0 Å². The Kier molecular flexibility index (Phi) is 2.29. The number of hydrogen-bond donors (Lipinski definition) is 1. The van der Waals surface area contributed by atoms with E-state index in [-0.39, 0.29) is 0 Å². The number of hydrogen-bond acceptors (Lipinski definition) is 2. The lowest BCUT2D eigenvalue weighted by molar-refractivity contribution is 0.949. The van der Waals surface area contributed by atoms with Crippen molar-refractivity contribution in [2.24, 2.45) is 7.05 Å². The summed E-state index contributed by atoms with van der Waals surface area (Å²) in [6, 6.07) is 16.2. The van der Waals surface area contributed by atoms with Crippen LogP contribution in [0, 0.1) is 0 Å². The summed E-state index contributed by atoms with van der Waals surface area (Å²) in [6.07, 6.45) is 2.02. The van der Waals surface area contributed by atoms with E-state index in [0.717, 1.165) is 22.5 Å². The largest absolute Gasteiger partial charge is 0.340 e. The predicted octanol–water partition coefficient (Wildman–Crippen LogP) is 3.32. The van der Waals surface area contributed by atoms with Gasteiger partial charge in [0.05, 0.1) is 0 Å². The molecule has 2 aromatic heterocycles. The Balaban J connectivity index is 1.98. The van der Waals surface area contributed by atoms with Crippen molar-refractivity contribution in [3.8, 4) is 0 Å². The molecular formula is C14H13N3. The van der Waals surface area contributed by atoms with Crippen LogP contribution >= 0.6 is 0 Å². The molecule has 0 unspecified atom stereocenters. The highest BCUT2D eigenvalue weighted by Crippen LogP contribution is 2.18. The number of fused-ring (bicyclic) bond motifs is 1. The van der Waals surface area contributed by atoms with Crippen LogP contribution in [0.15, 0.2) is 54.7 Å². The summed E-state index contributed by atoms with van der Waals surface area (Å²) in [4.78, 5) is 4.58. The molecule has 0 saturated heterocycles. The molecule has 0 saturated carbocycles. The van der Waals surface area contributed by atoms with Gasteiger partial charge in [-0.2, -0.15) is 0 Å². The van der Waals surface area contributed by atoms with Crippen LogP contribution in [-0.4, -0.2) is 9.55 Å². The summed E-state index contributed by atoms with van der Waals surface area (Å²) in [6.45, 7) is 0. The number of aromatic nitrogens is 2. The van der Waals surface area contributed by atoms with Gasteiger partial charge in [-0.15, -0.1) is 0 Å². The monoisotopic (exact) mass is 223 g/mol. The van der Waals surface area contributed by atoms with Crippen LogP contribution in [0.1, 0.15) is 0 Å². The number of anilines is 2. The first-order chi connectivity index (χ1) is 8.33. The summed E-state index contributed by atoms with van der Waals surface area (Å²) in [5, 5.41) is 4.45. The van der Waals surface area contributed by atoms with Crippen LogP contribution in [0.2, 0.25) is 0 Å². The fraction of sp³-hybridized carbons (Fsp3) is 0.0714. The molecule has 3 heteroatoms. The Bertz CT molecular complexity index is 641. The van der Waals surface area contributed by atoms with Crippen LogP contribution in [0.5, 0.6) is 0 Å². The second kappa shape index (κ2) is 3.94. The predicted molar refractivity (Wildman–Crippen MR) is 70.4 cm³/mol. The van der Waals surface area contributed by atoms with Crippen molar-refractivity contribution in [1.29, 1.82) is 0 Å². The van der Waals surface area contributed by atoms with E-state index in [0.29, 0.717) is 0 Å². The number of pyridine rings is 1. The average Bonchev–Trinajstić information content (AvgIpc) is 2.73. The highest BCUT2D eigenvalue weighted by atomic mass is 15.1. The van der Waals surface area contributed by atoms with Crippen LogP contribution in [0.25, 0.3) is 11.0 Å². The van der Waals surface area contributed by atoms with Gasteiger partial charge in [0, 0.05) is 24.3 Å². The van der Waals surface area contributed by atoms with E-state index in [4.69, 9.17) is 0 Å². The Morgan fingerprint density at radius 2 is 1.82 bits per heavy atom. The number of nitrogens with one attached hydrogen (secondary N) is 1. The third kappa shape index (κ3) is 1.87. The summed E-state index contributed by atoms with van der Waals surface area (Å²) >= 11 is 0. The van der Waals surface area contributed by atoms with Gasteiger partial charge < -0.3 is 9.88 Å². The quantitative estimate of drug-likeness (QED) is 0.722. The van der Waals surface area contributed by atoms with E-state index in [1.165, 1.54) is 0 Å². The van der Waals surface area contributed by atoms with Crippen molar-refractivity contribution < 1.29 is 0 Å². The minimum atomic E-state index is 0.866. The van der Waals surface area contributed by atoms with E-state index in [1.54, 1.807) is 0 Å². The molecule has 0 bridgehead atoms. The van der Waals surface area contributed by atoms with Crippen molar-refractivity contribution in [3.63, 3.8) is 0 Å². The second-order valence-corrected chi connectivity index (χ2v) is 4.03. The molecule has 3 rings (SSSR count). The van der Waals surface area contributed by atoms with Crippen molar-refractivity contribution >= 4 is 22.5 Å². The molecule has 1 N–H and O–H groups in total. The molecule has 3 aromatic rings. The summed E-state index contributed by atoms with van der Waals surface area (Å²) in [5.74, 6) is 0.866. The SMILES string of the molecule is Cn1ccc2ccc(Nc3ccccc3)nc21. The zero-order chi connectivity index (χ0) is 11.7. The van der Waals surface area contributed by atoms with Crippen molar-refractivity contribution in [3.05, 3.63) is 54.7 Å². The van der Waals surface area contributed by atoms with E-state index in [9.17, 15) is 0 Å². The van der Waals surface area contributed by atoms with E-state index < -0.39 is 0 Å². The standard InChI is InChI=1S/C14H13N3/c1-17-10-9-11-7-8-13(16-14(11)17)15-12-5-3-2-4-6-12/h2-10H,1H3,(H,15,16). The first-order valence-electron chi connectivity index (χ1n) is 5.57. The summed E-state index contributed by atoms with van der Waals surface area (Å²) < 4.78 is 2.02. The van der Waals surface area contributed by atoms with Crippen LogP contribution in [0.4, 0.5) is 11.5 Å². The molecule has 2 heterocycles. The molecule has 17 heavy (non-hydrogen) atoms. The zero-order valence-corrected chi connectivity index (χ0v) is 9.59. The lowest BCUT2D eigenvalue weighted by Gasteiger charge is -2.05. The second-order valence-electron chi connectivity index (χ2n) is 4.03. The lowest BCUT2D eigenvalue weighted by Crippen LogP contribution is -1.95. The van der Waals surface area contributed by atoms with Gasteiger partial charge in [0.2, 0.25) is 0 Å². The third-order valence-electron chi connectivity index (χ3n) is 2.76. The molecule has 0 atom stereocenters. The molecular weight excluding hydrogens is 210 g/mol. The van der Waals surface area contributed by atoms with Crippen LogP contribution in [-0.2, 0) is 7.05 Å². The minimum absolute atomic E-state index is 0.866. The van der Waals surface area contributed by atoms with Gasteiger partial charge in [-0.1, -0.05) is 18.2 Å². The van der Waals surface area contributed by atoms with Crippen molar-refractivity contribution in [1.82, 2.24) is 9.55 Å². The van der Waals surface area contributed by atoms with Crippen molar-refractivity contribution in [2.75, 3.05) is 5.32 Å². The summed E-state index contributed by atoms with van der Waals surface area (Å²) in [5.41, 5.74) is 2.04. The molecule has 0 aliphatic heterocycles. The Labute approximate surface area is 99.7 Å². The molecule has 0 aliphatic rings. The van der Waals surface area contributed by atoms with Crippen LogP contribution < -0.4 is 5.32 Å². The minimum Gasteiger partial charge on any atom is -0.340 e. The molecule has 0 aliphatic carbocycles. The van der Waals surface area contributed by atoms with E-state index in [2.05, 4.69) is 22.4 Å². The fourth-order valence-electron chi connectivity index (χ4n) is 1.87. The number of aryl methyl sites for hydroxylation is 1. The first-order valence-corrected chi connectivity index (χ1v) is 5.57. The van der Waals surface area contributed by atoms with Gasteiger partial charge >= 0.3 is 0 Å². The molecule has 0 amide bonds. The maximum atomic E-state index is 4.58. The Hall–Kier alpha value is -2.29. The number of rotatable bonds is 2. The molecule has 84 valence electrons. The molecule has 0 spiro atoms. The van der Waals surface area contributed by atoms with Gasteiger partial charge in [-0.3, -0.25) is 0 Å². The molecule has 0 radical (unpaired) electrons. The molecule has 3 nitrogen and oxygen atoms in total. The maximum Gasteiger partial charge on any atom is 0.142 e. The number of benzene rings is 1.